The predicted molar refractivity (Wildman–Crippen MR) is 126 cm³/mol. The van der Waals surface area contributed by atoms with Crippen molar-refractivity contribution in [3.8, 4) is 5.75 Å². The summed E-state index contributed by atoms with van der Waals surface area (Å²) in [5.41, 5.74) is 1.08. The molecule has 1 heterocycles. The fraction of sp³-hybridized carbons (Fsp3) is 0.182. The molecule has 1 aliphatic rings. The van der Waals surface area contributed by atoms with Crippen LogP contribution in [0.5, 0.6) is 5.75 Å². The fourth-order valence-corrected chi connectivity index (χ4v) is 4.08. The van der Waals surface area contributed by atoms with Crippen LogP contribution in [0.1, 0.15) is 18.1 Å². The van der Waals surface area contributed by atoms with Gasteiger partial charge in [-0.15, -0.1) is 0 Å². The number of nitrogens with zero attached hydrogens (tertiary/aromatic N) is 1. The minimum Gasteiger partial charge on any atom is -0.479 e. The van der Waals surface area contributed by atoms with E-state index in [2.05, 4.69) is 21.2 Å². The van der Waals surface area contributed by atoms with Crippen molar-refractivity contribution in [3.63, 3.8) is 0 Å². The molecule has 1 N–H and O–H groups in total. The molecule has 0 radical (unpaired) electrons. The van der Waals surface area contributed by atoms with Crippen LogP contribution < -0.4 is 15.0 Å². The first-order chi connectivity index (χ1) is 15.6. The van der Waals surface area contributed by atoms with Crippen molar-refractivity contribution in [2.24, 2.45) is 0 Å². The molecular formula is C22H17BrCl2N2O6. The van der Waals surface area contributed by atoms with Gasteiger partial charge in [0.2, 0.25) is 0 Å². The number of hydrogen-bond donors (Lipinski definition) is 1. The predicted octanol–water partition coefficient (Wildman–Crippen LogP) is 4.67. The van der Waals surface area contributed by atoms with E-state index in [9.17, 15) is 19.2 Å². The van der Waals surface area contributed by atoms with Crippen molar-refractivity contribution in [3.05, 3.63) is 61.5 Å². The Morgan fingerprint density at radius 3 is 2.52 bits per heavy atom. The molecule has 0 bridgehead atoms. The molecule has 3 rings (SSSR count). The third-order valence-electron chi connectivity index (χ3n) is 4.49. The number of anilines is 1. The van der Waals surface area contributed by atoms with Gasteiger partial charge in [0.15, 0.2) is 12.4 Å². The lowest BCUT2D eigenvalue weighted by Crippen LogP contribution is -2.54. The maximum absolute atomic E-state index is 13.0. The summed E-state index contributed by atoms with van der Waals surface area (Å²) in [5.74, 6) is -2.04. The second kappa shape index (κ2) is 10.4. The molecule has 11 heteroatoms. The zero-order valence-electron chi connectivity index (χ0n) is 17.4. The Bertz CT molecular complexity index is 1170. The standard InChI is InChI=1S/C22H17BrCl2N2O6/c1-3-32-18(28)10-33-19-15(23)7-12(8-17(19)25)6-14-20(29)26-22(31)27(21(14)30)13-5-4-11(2)16(24)9-13/h4-9H,3,10H2,1-2H3,(H,26,29,31)/b14-6-. The Hall–Kier alpha value is -2.88. The number of benzene rings is 2. The van der Waals surface area contributed by atoms with Crippen molar-refractivity contribution in [2.75, 3.05) is 18.1 Å². The highest BCUT2D eigenvalue weighted by Gasteiger charge is 2.37. The molecule has 8 nitrogen and oxygen atoms in total. The number of imide groups is 2. The summed E-state index contributed by atoms with van der Waals surface area (Å²) in [6.45, 7) is 3.33. The monoisotopic (exact) mass is 554 g/mol. The molecule has 0 saturated carbocycles. The van der Waals surface area contributed by atoms with E-state index in [4.69, 9.17) is 32.7 Å². The van der Waals surface area contributed by atoms with Crippen LogP contribution in [-0.4, -0.2) is 37.0 Å². The number of halogens is 3. The van der Waals surface area contributed by atoms with Gasteiger partial charge in [0.25, 0.3) is 11.8 Å². The first kappa shape index (κ1) is 24.8. The summed E-state index contributed by atoms with van der Waals surface area (Å²) in [6.07, 6.45) is 1.29. The van der Waals surface area contributed by atoms with Crippen LogP contribution in [0.3, 0.4) is 0 Å². The number of carbonyl (C=O) groups is 4. The Kier molecular flexibility index (Phi) is 7.78. The van der Waals surface area contributed by atoms with Crippen molar-refractivity contribution in [2.45, 2.75) is 13.8 Å². The zero-order chi connectivity index (χ0) is 24.3. The summed E-state index contributed by atoms with van der Waals surface area (Å²) in [6, 6.07) is 6.78. The van der Waals surface area contributed by atoms with E-state index < -0.39 is 23.8 Å². The summed E-state index contributed by atoms with van der Waals surface area (Å²) in [5, 5.41) is 2.64. The van der Waals surface area contributed by atoms with Crippen molar-refractivity contribution < 1.29 is 28.7 Å². The van der Waals surface area contributed by atoms with Crippen LogP contribution in [0.25, 0.3) is 6.08 Å². The molecule has 4 amide bonds. The van der Waals surface area contributed by atoms with E-state index in [1.807, 2.05) is 0 Å². The minimum absolute atomic E-state index is 0.127. The summed E-state index contributed by atoms with van der Waals surface area (Å²) < 4.78 is 10.6. The quantitative estimate of drug-likeness (QED) is 0.315. The van der Waals surface area contributed by atoms with Crippen LogP contribution in [0, 0.1) is 6.92 Å². The van der Waals surface area contributed by atoms with Gasteiger partial charge >= 0.3 is 12.0 Å². The largest absolute Gasteiger partial charge is 0.479 e. The fourth-order valence-electron chi connectivity index (χ4n) is 2.91. The van der Waals surface area contributed by atoms with Gasteiger partial charge in [-0.05, 0) is 71.2 Å². The van der Waals surface area contributed by atoms with Crippen LogP contribution >= 0.6 is 39.1 Å². The zero-order valence-corrected chi connectivity index (χ0v) is 20.5. The molecule has 1 fully saturated rings. The summed E-state index contributed by atoms with van der Waals surface area (Å²) >= 11 is 15.7. The highest BCUT2D eigenvalue weighted by Crippen LogP contribution is 2.35. The van der Waals surface area contributed by atoms with Crippen LogP contribution in [-0.2, 0) is 19.1 Å². The molecule has 2 aromatic carbocycles. The Morgan fingerprint density at radius 2 is 1.88 bits per heavy atom. The number of esters is 1. The van der Waals surface area contributed by atoms with E-state index in [0.29, 0.717) is 15.1 Å². The second-order valence-electron chi connectivity index (χ2n) is 6.80. The van der Waals surface area contributed by atoms with Crippen molar-refractivity contribution in [1.29, 1.82) is 0 Å². The molecule has 33 heavy (non-hydrogen) atoms. The van der Waals surface area contributed by atoms with Crippen LogP contribution in [0.4, 0.5) is 10.5 Å². The topological polar surface area (TPSA) is 102 Å². The van der Waals surface area contributed by atoms with Crippen LogP contribution in [0.2, 0.25) is 10.0 Å². The summed E-state index contributed by atoms with van der Waals surface area (Å²) in [7, 11) is 0. The smallest absolute Gasteiger partial charge is 0.344 e. The van der Waals surface area contributed by atoms with Gasteiger partial charge in [-0.1, -0.05) is 29.3 Å². The van der Waals surface area contributed by atoms with E-state index in [-0.39, 0.29) is 35.2 Å². The highest BCUT2D eigenvalue weighted by atomic mass is 79.9. The van der Waals surface area contributed by atoms with E-state index in [0.717, 1.165) is 10.5 Å². The average molecular weight is 556 g/mol. The first-order valence-corrected chi connectivity index (χ1v) is 11.1. The number of aryl methyl sites for hydroxylation is 1. The number of hydrogen-bond acceptors (Lipinski definition) is 6. The minimum atomic E-state index is -0.885. The van der Waals surface area contributed by atoms with Crippen LogP contribution in [0.15, 0.2) is 40.4 Å². The lowest BCUT2D eigenvalue weighted by molar-refractivity contribution is -0.145. The summed E-state index contributed by atoms with van der Waals surface area (Å²) in [4.78, 5) is 50.1. The van der Waals surface area contributed by atoms with Gasteiger partial charge < -0.3 is 9.47 Å². The lowest BCUT2D eigenvalue weighted by atomic mass is 10.1. The Labute approximate surface area is 207 Å². The molecular weight excluding hydrogens is 539 g/mol. The average Bonchev–Trinajstić information content (AvgIpc) is 2.73. The van der Waals surface area contributed by atoms with Gasteiger partial charge in [-0.3, -0.25) is 14.9 Å². The number of rotatable bonds is 6. The Balaban J connectivity index is 1.91. The first-order valence-electron chi connectivity index (χ1n) is 9.57. The molecule has 1 aliphatic heterocycles. The highest BCUT2D eigenvalue weighted by molar-refractivity contribution is 9.10. The van der Waals surface area contributed by atoms with Gasteiger partial charge in [-0.2, -0.15) is 0 Å². The SMILES string of the molecule is CCOC(=O)COc1c(Cl)cc(/C=C2/C(=O)NC(=O)N(c3ccc(C)c(Cl)c3)C2=O)cc1Br. The molecule has 0 aliphatic carbocycles. The number of ether oxygens (including phenoxy) is 2. The van der Waals surface area contributed by atoms with Crippen molar-refractivity contribution >= 4 is 74.7 Å². The third-order valence-corrected chi connectivity index (χ3v) is 5.76. The van der Waals surface area contributed by atoms with Gasteiger partial charge in [-0.25, -0.2) is 14.5 Å². The van der Waals surface area contributed by atoms with E-state index in [1.165, 1.54) is 18.2 Å². The molecule has 1 saturated heterocycles. The normalized spacial score (nSPS) is 15.0. The van der Waals surface area contributed by atoms with E-state index >= 15 is 0 Å². The third kappa shape index (κ3) is 5.55. The maximum atomic E-state index is 13.0. The number of nitrogens with one attached hydrogen (secondary N) is 1. The molecule has 2 aromatic rings. The van der Waals surface area contributed by atoms with Gasteiger partial charge in [0.05, 0.1) is 21.8 Å². The molecule has 0 spiro atoms. The number of urea groups is 1. The maximum Gasteiger partial charge on any atom is 0.344 e. The molecule has 0 aromatic heterocycles. The lowest BCUT2D eigenvalue weighted by Gasteiger charge is -2.26. The van der Waals surface area contributed by atoms with Gasteiger partial charge in [0, 0.05) is 5.02 Å². The Morgan fingerprint density at radius 1 is 1.15 bits per heavy atom. The number of carbonyl (C=O) groups excluding carboxylic acids is 4. The van der Waals surface area contributed by atoms with Crippen molar-refractivity contribution in [1.82, 2.24) is 5.32 Å². The van der Waals surface area contributed by atoms with E-state index in [1.54, 1.807) is 32.0 Å². The second-order valence-corrected chi connectivity index (χ2v) is 8.47. The molecule has 0 atom stereocenters. The number of barbiturate groups is 1. The number of amides is 4. The van der Waals surface area contributed by atoms with Gasteiger partial charge in [0.1, 0.15) is 5.57 Å². The molecule has 0 unspecified atom stereocenters. The molecule has 172 valence electrons.